The van der Waals surface area contributed by atoms with Crippen molar-refractivity contribution in [1.82, 2.24) is 0 Å². The highest BCUT2D eigenvalue weighted by Crippen LogP contribution is 2.19. The molecule has 2 N–H and O–H groups in total. The van der Waals surface area contributed by atoms with Crippen LogP contribution in [0.4, 0.5) is 0 Å². The zero-order valence-corrected chi connectivity index (χ0v) is 14.1. The van der Waals surface area contributed by atoms with Crippen LogP contribution < -0.4 is 4.74 Å². The normalized spacial score (nSPS) is 7.83. The van der Waals surface area contributed by atoms with Crippen molar-refractivity contribution in [3.63, 3.8) is 0 Å². The van der Waals surface area contributed by atoms with Gasteiger partial charge in [0, 0.05) is 0 Å². The maximum Gasteiger partial charge on any atom is 0.127 e. The van der Waals surface area contributed by atoms with Crippen molar-refractivity contribution in [3.8, 4) is 11.5 Å². The van der Waals surface area contributed by atoms with Gasteiger partial charge in [0.25, 0.3) is 0 Å². The smallest absolute Gasteiger partial charge is 0.127 e. The summed E-state index contributed by atoms with van der Waals surface area (Å²) in [4.78, 5) is 0. The van der Waals surface area contributed by atoms with E-state index >= 15 is 0 Å². The van der Waals surface area contributed by atoms with E-state index in [1.807, 2.05) is 74.5 Å². The van der Waals surface area contributed by atoms with Crippen LogP contribution in [0.15, 0.2) is 86.0 Å². The van der Waals surface area contributed by atoms with E-state index in [9.17, 15) is 0 Å². The highest BCUT2D eigenvalue weighted by atomic mass is 16.5. The summed E-state index contributed by atoms with van der Waals surface area (Å²) in [5.41, 5.74) is 0. The fourth-order valence-electron chi connectivity index (χ4n) is 1.11. The summed E-state index contributed by atoms with van der Waals surface area (Å²) in [6.07, 6.45) is 3.50. The molecule has 0 amide bonds. The molecular formula is C20H28O3. The minimum absolute atomic E-state index is 0.125. The molecule has 3 nitrogen and oxygen atoms in total. The first-order valence-corrected chi connectivity index (χ1v) is 7.33. The Labute approximate surface area is 140 Å². The highest BCUT2D eigenvalue weighted by Gasteiger charge is 1.92. The van der Waals surface area contributed by atoms with Gasteiger partial charge in [0.2, 0.25) is 0 Å². The van der Waals surface area contributed by atoms with Crippen LogP contribution in [-0.4, -0.2) is 23.4 Å². The number of para-hydroxylation sites is 2. The van der Waals surface area contributed by atoms with Gasteiger partial charge in [-0.15, -0.1) is 13.2 Å². The third kappa shape index (κ3) is 17.6. The topological polar surface area (TPSA) is 49.7 Å². The van der Waals surface area contributed by atoms with Crippen LogP contribution in [0, 0.1) is 0 Å². The second-order valence-electron chi connectivity index (χ2n) is 3.99. The van der Waals surface area contributed by atoms with E-state index in [1.165, 1.54) is 0 Å². The van der Waals surface area contributed by atoms with Gasteiger partial charge in [-0.25, -0.2) is 0 Å². The Kier molecular flexibility index (Phi) is 19.6. The lowest BCUT2D eigenvalue weighted by molar-refractivity contribution is 0.186. The molecule has 0 saturated carbocycles. The molecule has 0 aliphatic rings. The molecule has 0 heterocycles. The number of hydrogen-bond donors (Lipinski definition) is 2. The monoisotopic (exact) mass is 316 g/mol. The van der Waals surface area contributed by atoms with Gasteiger partial charge in [0.1, 0.15) is 11.5 Å². The molecule has 3 heteroatoms. The van der Waals surface area contributed by atoms with Gasteiger partial charge >= 0.3 is 0 Å². The van der Waals surface area contributed by atoms with Crippen LogP contribution in [0.2, 0.25) is 0 Å². The van der Waals surface area contributed by atoms with E-state index < -0.39 is 0 Å². The summed E-state index contributed by atoms with van der Waals surface area (Å²) < 4.78 is 5.58. The summed E-state index contributed by atoms with van der Waals surface area (Å²) in [6, 6.07) is 19.5. The van der Waals surface area contributed by atoms with Crippen molar-refractivity contribution in [3.05, 3.63) is 86.0 Å². The average molecular weight is 316 g/mol. The molecule has 0 aliphatic carbocycles. The second kappa shape index (κ2) is 19.6. The number of rotatable bonds is 3. The molecule has 126 valence electrons. The number of aliphatic hydroxyl groups is 2. The summed E-state index contributed by atoms with van der Waals surface area (Å²) in [6.45, 7) is 10.2. The van der Waals surface area contributed by atoms with Gasteiger partial charge in [-0.3, -0.25) is 0 Å². The minimum Gasteiger partial charge on any atom is -0.457 e. The van der Waals surface area contributed by atoms with Crippen LogP contribution in [0.5, 0.6) is 11.5 Å². The van der Waals surface area contributed by atoms with Gasteiger partial charge in [-0.2, -0.15) is 0 Å². The molecule has 0 saturated heterocycles. The molecule has 0 fully saturated rings. The maximum absolute atomic E-state index is 7.62. The van der Waals surface area contributed by atoms with Gasteiger partial charge in [-0.1, -0.05) is 48.6 Å². The molecule has 0 spiro atoms. The summed E-state index contributed by atoms with van der Waals surface area (Å²) in [5.74, 6) is 1.74. The zero-order chi connectivity index (χ0) is 17.8. The second-order valence-corrected chi connectivity index (χ2v) is 3.99. The van der Waals surface area contributed by atoms with Crippen molar-refractivity contribution < 1.29 is 14.9 Å². The maximum atomic E-state index is 7.62. The van der Waals surface area contributed by atoms with Gasteiger partial charge in [0.15, 0.2) is 0 Å². The van der Waals surface area contributed by atoms with E-state index in [2.05, 4.69) is 13.2 Å². The Morgan fingerprint density at radius 1 is 0.739 bits per heavy atom. The minimum atomic E-state index is -0.125. The van der Waals surface area contributed by atoms with Crippen LogP contribution in [-0.2, 0) is 0 Å². The van der Waals surface area contributed by atoms with Crippen LogP contribution >= 0.6 is 0 Å². The first-order valence-electron chi connectivity index (χ1n) is 7.33. The van der Waals surface area contributed by atoms with Crippen LogP contribution in [0.1, 0.15) is 13.8 Å². The Hall–Kier alpha value is -2.36. The lowest BCUT2D eigenvalue weighted by atomic mass is 10.3. The fourth-order valence-corrected chi connectivity index (χ4v) is 1.11. The molecule has 2 aromatic carbocycles. The standard InChI is InChI=1S/C12H10O.2C3H6.C2H6O2/c1-3-7-11(8-4-1)13-12-9-5-2-6-10-12;2*1-3-2;3-1-2-4/h1-10H;2*3H,1H2,2H3;3-4H,1-2H2. The average Bonchev–Trinajstić information content (AvgIpc) is 2.58. The number of allylic oxidation sites excluding steroid dienone is 2. The summed E-state index contributed by atoms with van der Waals surface area (Å²) in [5, 5.41) is 15.2. The van der Waals surface area contributed by atoms with Crippen molar-refractivity contribution in [2.75, 3.05) is 13.2 Å². The zero-order valence-electron chi connectivity index (χ0n) is 14.1. The Bertz CT molecular complexity index is 421. The van der Waals surface area contributed by atoms with Crippen molar-refractivity contribution in [2.45, 2.75) is 13.8 Å². The van der Waals surface area contributed by atoms with E-state index in [-0.39, 0.29) is 13.2 Å². The van der Waals surface area contributed by atoms with Gasteiger partial charge < -0.3 is 14.9 Å². The predicted molar refractivity (Wildman–Crippen MR) is 98.9 cm³/mol. The highest BCUT2D eigenvalue weighted by molar-refractivity contribution is 5.30. The van der Waals surface area contributed by atoms with Crippen molar-refractivity contribution in [2.24, 2.45) is 0 Å². The Morgan fingerprint density at radius 3 is 1.22 bits per heavy atom. The molecule has 0 unspecified atom stereocenters. The number of benzene rings is 2. The van der Waals surface area contributed by atoms with Gasteiger partial charge in [-0.05, 0) is 38.1 Å². The van der Waals surface area contributed by atoms with E-state index in [0.29, 0.717) is 0 Å². The van der Waals surface area contributed by atoms with Crippen molar-refractivity contribution in [1.29, 1.82) is 0 Å². The predicted octanol–water partition coefficient (Wildman–Crippen LogP) is 4.83. The quantitative estimate of drug-likeness (QED) is 0.797. The molecule has 0 bridgehead atoms. The third-order valence-electron chi connectivity index (χ3n) is 1.82. The summed E-state index contributed by atoms with van der Waals surface area (Å²) in [7, 11) is 0. The van der Waals surface area contributed by atoms with Crippen molar-refractivity contribution >= 4 is 0 Å². The fraction of sp³-hybridized carbons (Fsp3) is 0.200. The molecule has 0 atom stereocenters. The Morgan fingerprint density at radius 2 is 1.00 bits per heavy atom. The third-order valence-corrected chi connectivity index (χ3v) is 1.82. The molecule has 2 aromatic rings. The Balaban J connectivity index is 0. The molecule has 23 heavy (non-hydrogen) atoms. The first-order chi connectivity index (χ1) is 11.2. The number of aliphatic hydroxyl groups excluding tert-OH is 2. The van der Waals surface area contributed by atoms with Crippen LogP contribution in [0.3, 0.4) is 0 Å². The van der Waals surface area contributed by atoms with Crippen LogP contribution in [0.25, 0.3) is 0 Å². The first kappa shape index (κ1) is 22.9. The lowest BCUT2D eigenvalue weighted by Crippen LogP contribution is -1.85. The summed E-state index contributed by atoms with van der Waals surface area (Å²) >= 11 is 0. The molecule has 0 aliphatic heterocycles. The molecule has 0 radical (unpaired) electrons. The lowest BCUT2D eigenvalue weighted by Gasteiger charge is -2.03. The largest absolute Gasteiger partial charge is 0.457 e. The number of hydrogen-bond acceptors (Lipinski definition) is 3. The number of ether oxygens (including phenoxy) is 1. The molecular weight excluding hydrogens is 288 g/mol. The SMILES string of the molecule is C=CC.C=CC.OCCO.c1ccc(Oc2ccccc2)cc1. The molecule has 0 aromatic heterocycles. The van der Waals surface area contributed by atoms with E-state index in [1.54, 1.807) is 12.2 Å². The van der Waals surface area contributed by atoms with E-state index in [4.69, 9.17) is 14.9 Å². The van der Waals surface area contributed by atoms with Gasteiger partial charge in [0.05, 0.1) is 13.2 Å². The van der Waals surface area contributed by atoms with E-state index in [0.717, 1.165) is 11.5 Å². The molecule has 2 rings (SSSR count).